The summed E-state index contributed by atoms with van der Waals surface area (Å²) >= 11 is 0. The molecule has 0 saturated heterocycles. The van der Waals surface area contributed by atoms with Crippen LogP contribution >= 0.6 is 0 Å². The Morgan fingerprint density at radius 3 is 2.40 bits per heavy atom. The van der Waals surface area contributed by atoms with Gasteiger partial charge in [0.15, 0.2) is 0 Å². The maximum absolute atomic E-state index is 10.5. The van der Waals surface area contributed by atoms with Crippen LogP contribution in [0.3, 0.4) is 0 Å². The van der Waals surface area contributed by atoms with Gasteiger partial charge in [-0.2, -0.15) is 0 Å². The summed E-state index contributed by atoms with van der Waals surface area (Å²) in [7, 11) is 0. The van der Waals surface area contributed by atoms with Gasteiger partial charge < -0.3 is 5.11 Å². The van der Waals surface area contributed by atoms with Gasteiger partial charge in [-0.3, -0.25) is 4.79 Å². The van der Waals surface area contributed by atoms with E-state index in [4.69, 9.17) is 5.11 Å². The molecular weight excluding hydrogens is 128 g/mol. The number of carboxylic acids is 1. The lowest BCUT2D eigenvalue weighted by Gasteiger charge is -2.15. The zero-order valence-corrected chi connectivity index (χ0v) is 6.55. The van der Waals surface area contributed by atoms with E-state index in [1.54, 1.807) is 0 Å². The molecule has 10 heavy (non-hydrogen) atoms. The van der Waals surface area contributed by atoms with Crippen LogP contribution < -0.4 is 0 Å². The Labute approximate surface area is 61.2 Å². The molecule has 1 aliphatic rings. The van der Waals surface area contributed by atoms with Crippen LogP contribution in [0.1, 0.15) is 33.1 Å². The average molecular weight is 142 g/mol. The van der Waals surface area contributed by atoms with Crippen LogP contribution in [0.15, 0.2) is 0 Å². The van der Waals surface area contributed by atoms with E-state index < -0.39 is 5.97 Å². The Morgan fingerprint density at radius 1 is 1.60 bits per heavy atom. The van der Waals surface area contributed by atoms with Gasteiger partial charge >= 0.3 is 5.97 Å². The second kappa shape index (κ2) is 2.26. The Balaban J connectivity index is 2.51. The van der Waals surface area contributed by atoms with Crippen LogP contribution in [0, 0.1) is 11.3 Å². The van der Waals surface area contributed by atoms with Crippen LogP contribution in [0.2, 0.25) is 0 Å². The lowest BCUT2D eigenvalue weighted by atomic mass is 9.91. The van der Waals surface area contributed by atoms with Crippen molar-refractivity contribution in [2.24, 2.45) is 11.3 Å². The van der Waals surface area contributed by atoms with Crippen LogP contribution in [0.5, 0.6) is 0 Å². The third kappa shape index (κ3) is 1.49. The second-order valence-corrected chi connectivity index (χ2v) is 3.94. The molecule has 1 saturated carbocycles. The minimum atomic E-state index is -0.620. The number of aliphatic carboxylic acids is 1. The van der Waals surface area contributed by atoms with Gasteiger partial charge in [0.25, 0.3) is 0 Å². The first-order chi connectivity index (χ1) is 4.51. The van der Waals surface area contributed by atoms with Gasteiger partial charge in [0.05, 0.1) is 5.92 Å². The van der Waals surface area contributed by atoms with E-state index in [0.29, 0.717) is 0 Å². The van der Waals surface area contributed by atoms with Crippen LogP contribution in [0.4, 0.5) is 0 Å². The zero-order chi connectivity index (χ0) is 7.78. The van der Waals surface area contributed by atoms with Crippen molar-refractivity contribution in [3.8, 4) is 0 Å². The zero-order valence-electron chi connectivity index (χ0n) is 6.55. The first-order valence-electron chi connectivity index (χ1n) is 3.74. The van der Waals surface area contributed by atoms with Gasteiger partial charge in [-0.15, -0.1) is 0 Å². The summed E-state index contributed by atoms with van der Waals surface area (Å²) in [6, 6.07) is 0. The number of hydrogen-bond acceptors (Lipinski definition) is 1. The molecular formula is C8H14O2. The SMILES string of the molecule is CC1(C)CC[C@H](C(=O)O)C1. The maximum Gasteiger partial charge on any atom is 0.306 e. The lowest BCUT2D eigenvalue weighted by Crippen LogP contribution is -2.12. The standard InChI is InChI=1S/C8H14O2/c1-8(2)4-3-6(5-8)7(9)10/h6H,3-5H2,1-2H3,(H,9,10)/t6-/m0/s1. The van der Waals surface area contributed by atoms with E-state index in [2.05, 4.69) is 13.8 Å². The van der Waals surface area contributed by atoms with E-state index in [-0.39, 0.29) is 11.3 Å². The van der Waals surface area contributed by atoms with E-state index >= 15 is 0 Å². The Morgan fingerprint density at radius 2 is 2.20 bits per heavy atom. The fourth-order valence-corrected chi connectivity index (χ4v) is 1.65. The van der Waals surface area contributed by atoms with Gasteiger partial charge in [-0.05, 0) is 24.7 Å². The molecule has 0 aromatic rings. The van der Waals surface area contributed by atoms with Gasteiger partial charge in [0, 0.05) is 0 Å². The van der Waals surface area contributed by atoms with E-state index in [0.717, 1.165) is 19.3 Å². The van der Waals surface area contributed by atoms with Crippen molar-refractivity contribution in [2.75, 3.05) is 0 Å². The quantitative estimate of drug-likeness (QED) is 0.607. The Kier molecular flexibility index (Phi) is 1.71. The third-order valence-electron chi connectivity index (χ3n) is 2.32. The fraction of sp³-hybridized carbons (Fsp3) is 0.875. The fourth-order valence-electron chi connectivity index (χ4n) is 1.65. The van der Waals surface area contributed by atoms with Crippen molar-refractivity contribution in [1.82, 2.24) is 0 Å². The second-order valence-electron chi connectivity index (χ2n) is 3.94. The molecule has 0 aliphatic heterocycles. The highest BCUT2D eigenvalue weighted by Crippen LogP contribution is 2.40. The van der Waals surface area contributed by atoms with Gasteiger partial charge in [0.1, 0.15) is 0 Å². The van der Waals surface area contributed by atoms with Gasteiger partial charge in [-0.25, -0.2) is 0 Å². The van der Waals surface area contributed by atoms with Crippen LogP contribution in [0.25, 0.3) is 0 Å². The highest BCUT2D eigenvalue weighted by Gasteiger charge is 2.34. The minimum Gasteiger partial charge on any atom is -0.481 e. The molecule has 1 N–H and O–H groups in total. The Bertz CT molecular complexity index is 149. The molecule has 1 rings (SSSR count). The minimum absolute atomic E-state index is 0.0741. The molecule has 2 heteroatoms. The third-order valence-corrected chi connectivity index (χ3v) is 2.32. The monoisotopic (exact) mass is 142 g/mol. The summed E-state index contributed by atoms with van der Waals surface area (Å²) in [6.07, 6.45) is 2.77. The van der Waals surface area contributed by atoms with Crippen molar-refractivity contribution in [1.29, 1.82) is 0 Å². The van der Waals surface area contributed by atoms with E-state index in [1.807, 2.05) is 0 Å². The number of hydrogen-bond donors (Lipinski definition) is 1. The van der Waals surface area contributed by atoms with E-state index in [9.17, 15) is 4.79 Å². The summed E-state index contributed by atoms with van der Waals surface area (Å²) in [6.45, 7) is 4.27. The van der Waals surface area contributed by atoms with Crippen molar-refractivity contribution in [3.63, 3.8) is 0 Å². The highest BCUT2D eigenvalue weighted by atomic mass is 16.4. The molecule has 1 aliphatic carbocycles. The predicted octanol–water partition coefficient (Wildman–Crippen LogP) is 1.90. The topological polar surface area (TPSA) is 37.3 Å². The lowest BCUT2D eigenvalue weighted by molar-refractivity contribution is -0.141. The molecule has 2 nitrogen and oxygen atoms in total. The molecule has 0 spiro atoms. The summed E-state index contributed by atoms with van der Waals surface area (Å²) < 4.78 is 0. The summed E-state index contributed by atoms with van der Waals surface area (Å²) in [4.78, 5) is 10.5. The highest BCUT2D eigenvalue weighted by molar-refractivity contribution is 5.70. The summed E-state index contributed by atoms with van der Waals surface area (Å²) in [5.74, 6) is -0.694. The molecule has 58 valence electrons. The number of carbonyl (C=O) groups is 1. The first kappa shape index (κ1) is 7.58. The molecule has 0 aromatic carbocycles. The molecule has 0 heterocycles. The largest absolute Gasteiger partial charge is 0.481 e. The van der Waals surface area contributed by atoms with E-state index in [1.165, 1.54) is 0 Å². The van der Waals surface area contributed by atoms with Gasteiger partial charge in [0.2, 0.25) is 0 Å². The molecule has 1 fully saturated rings. The predicted molar refractivity (Wildman–Crippen MR) is 38.8 cm³/mol. The van der Waals surface area contributed by atoms with Crippen molar-refractivity contribution in [3.05, 3.63) is 0 Å². The van der Waals surface area contributed by atoms with Crippen LogP contribution in [-0.2, 0) is 4.79 Å². The maximum atomic E-state index is 10.5. The molecule has 0 amide bonds. The molecule has 1 atom stereocenters. The van der Waals surface area contributed by atoms with Crippen molar-refractivity contribution >= 4 is 5.97 Å². The molecule has 0 aromatic heterocycles. The smallest absolute Gasteiger partial charge is 0.306 e. The average Bonchev–Trinajstić information content (AvgIpc) is 2.10. The molecule has 0 bridgehead atoms. The van der Waals surface area contributed by atoms with Gasteiger partial charge in [-0.1, -0.05) is 13.8 Å². The van der Waals surface area contributed by atoms with Crippen LogP contribution in [-0.4, -0.2) is 11.1 Å². The summed E-state index contributed by atoms with van der Waals surface area (Å²) in [5.41, 5.74) is 0.267. The van der Waals surface area contributed by atoms with Crippen molar-refractivity contribution in [2.45, 2.75) is 33.1 Å². The number of carboxylic acid groups (broad SMARTS) is 1. The molecule has 0 radical (unpaired) electrons. The summed E-state index contributed by atoms with van der Waals surface area (Å²) in [5, 5.41) is 8.65. The van der Waals surface area contributed by atoms with Crippen molar-refractivity contribution < 1.29 is 9.90 Å². The number of rotatable bonds is 1. The first-order valence-corrected chi connectivity index (χ1v) is 3.74. The molecule has 0 unspecified atom stereocenters. The Hall–Kier alpha value is -0.530. The normalized spacial score (nSPS) is 30.4.